The number of halogens is 1. The molecule has 0 saturated carbocycles. The molecule has 0 radical (unpaired) electrons. The third-order valence-electron chi connectivity index (χ3n) is 3.76. The van der Waals surface area contributed by atoms with Crippen molar-refractivity contribution < 1.29 is 5.11 Å². The zero-order valence-corrected chi connectivity index (χ0v) is 11.8. The molecule has 0 spiro atoms. The van der Waals surface area contributed by atoms with Gasteiger partial charge >= 0.3 is 0 Å². The number of terminal acetylenes is 1. The van der Waals surface area contributed by atoms with Crippen molar-refractivity contribution in [2.24, 2.45) is 0 Å². The van der Waals surface area contributed by atoms with Crippen LogP contribution in [0.25, 0.3) is 0 Å². The minimum atomic E-state index is -0.262. The summed E-state index contributed by atoms with van der Waals surface area (Å²) in [5.74, 6) is 2.68. The van der Waals surface area contributed by atoms with Gasteiger partial charge in [-0.3, -0.25) is 4.90 Å². The number of rotatable bonds is 4. The molecule has 1 aliphatic heterocycles. The average Bonchev–Trinajstić information content (AvgIpc) is 2.42. The summed E-state index contributed by atoms with van der Waals surface area (Å²) in [5.41, 5.74) is 1.21. The number of hydrogen-bond donors (Lipinski definition) is 1. The number of aliphatic hydroxyl groups excluding tert-OH is 1. The number of nitrogens with zero attached hydrogens (tertiary/aromatic N) is 1. The van der Waals surface area contributed by atoms with Gasteiger partial charge in [0.15, 0.2) is 0 Å². The van der Waals surface area contributed by atoms with Gasteiger partial charge in [-0.2, -0.15) is 0 Å². The largest absolute Gasteiger partial charge is 0.391 e. The first-order valence-corrected chi connectivity index (χ1v) is 7.18. The Morgan fingerprint density at radius 3 is 2.79 bits per heavy atom. The van der Waals surface area contributed by atoms with Crippen LogP contribution in [0.15, 0.2) is 24.3 Å². The van der Waals surface area contributed by atoms with Crippen LogP contribution < -0.4 is 0 Å². The molecule has 3 heteroatoms. The lowest BCUT2D eigenvalue weighted by molar-refractivity contribution is 0.0123. The van der Waals surface area contributed by atoms with Crippen LogP contribution in [0.5, 0.6) is 0 Å². The summed E-state index contributed by atoms with van der Waals surface area (Å²) in [6, 6.07) is 8.03. The topological polar surface area (TPSA) is 23.5 Å². The first-order chi connectivity index (χ1) is 9.20. The maximum absolute atomic E-state index is 10.2. The highest BCUT2D eigenvalue weighted by molar-refractivity contribution is 6.30. The predicted octanol–water partition coefficient (Wildman–Crippen LogP) is 2.73. The molecular weight excluding hydrogens is 258 g/mol. The summed E-state index contributed by atoms with van der Waals surface area (Å²) in [6.07, 6.45) is 8.59. The number of aliphatic hydroxyl groups is 1. The van der Waals surface area contributed by atoms with Gasteiger partial charge in [0.25, 0.3) is 0 Å². The van der Waals surface area contributed by atoms with Gasteiger partial charge in [0.2, 0.25) is 0 Å². The minimum Gasteiger partial charge on any atom is -0.391 e. The van der Waals surface area contributed by atoms with Gasteiger partial charge in [0, 0.05) is 24.0 Å². The highest BCUT2D eigenvalue weighted by atomic mass is 35.5. The first-order valence-electron chi connectivity index (χ1n) is 6.80. The zero-order valence-electron chi connectivity index (χ0n) is 11.1. The van der Waals surface area contributed by atoms with Crippen LogP contribution in [-0.4, -0.2) is 35.2 Å². The van der Waals surface area contributed by atoms with Crippen molar-refractivity contribution in [2.75, 3.05) is 13.1 Å². The van der Waals surface area contributed by atoms with Gasteiger partial charge in [-0.15, -0.1) is 12.3 Å². The number of piperidine rings is 1. The second kappa shape index (κ2) is 6.96. The molecule has 1 aromatic carbocycles. The molecule has 19 heavy (non-hydrogen) atoms. The highest BCUT2D eigenvalue weighted by Gasteiger charge is 2.29. The van der Waals surface area contributed by atoms with Gasteiger partial charge in [0.05, 0.1) is 6.10 Å². The fourth-order valence-electron chi connectivity index (χ4n) is 2.72. The molecule has 1 saturated heterocycles. The van der Waals surface area contributed by atoms with Crippen molar-refractivity contribution in [2.45, 2.75) is 37.8 Å². The molecule has 1 aromatic rings. The van der Waals surface area contributed by atoms with Crippen molar-refractivity contribution in [1.82, 2.24) is 4.90 Å². The van der Waals surface area contributed by atoms with Gasteiger partial charge in [-0.25, -0.2) is 0 Å². The number of benzene rings is 1. The lowest BCUT2D eigenvalue weighted by Gasteiger charge is -2.39. The predicted molar refractivity (Wildman–Crippen MR) is 79.2 cm³/mol. The van der Waals surface area contributed by atoms with E-state index in [0.29, 0.717) is 0 Å². The van der Waals surface area contributed by atoms with E-state index in [0.717, 1.165) is 43.8 Å². The van der Waals surface area contributed by atoms with Gasteiger partial charge in [-0.1, -0.05) is 23.7 Å². The third-order valence-corrected chi connectivity index (χ3v) is 4.01. The van der Waals surface area contributed by atoms with Crippen LogP contribution in [-0.2, 0) is 6.42 Å². The lowest BCUT2D eigenvalue weighted by atomic mass is 9.93. The van der Waals surface area contributed by atoms with Crippen molar-refractivity contribution in [3.8, 4) is 12.3 Å². The van der Waals surface area contributed by atoms with Crippen molar-refractivity contribution in [3.05, 3.63) is 34.9 Å². The normalized spacial score (nSPS) is 24.1. The summed E-state index contributed by atoms with van der Waals surface area (Å²) < 4.78 is 0. The van der Waals surface area contributed by atoms with Gasteiger partial charge in [0.1, 0.15) is 0 Å². The number of likely N-dealkylation sites (tertiary alicyclic amines) is 1. The van der Waals surface area contributed by atoms with Crippen molar-refractivity contribution >= 4 is 11.6 Å². The Bertz CT molecular complexity index is 437. The molecule has 0 amide bonds. The van der Waals surface area contributed by atoms with Crippen molar-refractivity contribution in [1.29, 1.82) is 0 Å². The van der Waals surface area contributed by atoms with E-state index >= 15 is 0 Å². The van der Waals surface area contributed by atoms with Crippen LogP contribution in [0.2, 0.25) is 5.02 Å². The highest BCUT2D eigenvalue weighted by Crippen LogP contribution is 2.22. The second-order valence-electron chi connectivity index (χ2n) is 5.10. The Morgan fingerprint density at radius 2 is 2.11 bits per heavy atom. The van der Waals surface area contributed by atoms with E-state index < -0.39 is 0 Å². The molecule has 1 aliphatic rings. The van der Waals surface area contributed by atoms with E-state index in [2.05, 4.69) is 10.8 Å². The molecule has 2 nitrogen and oxygen atoms in total. The molecule has 2 atom stereocenters. The van der Waals surface area contributed by atoms with Crippen LogP contribution >= 0.6 is 11.6 Å². The average molecular weight is 278 g/mol. The standard InChI is InChI=1S/C16H20ClNO/c1-2-3-10-18-11-4-5-16(19)15(18)12-13-6-8-14(17)9-7-13/h1,6-9,15-16,19H,3-5,10-12H2. The second-order valence-corrected chi connectivity index (χ2v) is 5.53. The Hall–Kier alpha value is -1.01. The van der Waals surface area contributed by atoms with E-state index in [1.165, 1.54) is 5.56 Å². The molecule has 1 fully saturated rings. The molecule has 0 aromatic heterocycles. The van der Waals surface area contributed by atoms with Crippen molar-refractivity contribution in [3.63, 3.8) is 0 Å². The lowest BCUT2D eigenvalue weighted by Crippen LogP contribution is -2.49. The molecule has 1 heterocycles. The van der Waals surface area contributed by atoms with E-state index in [1.807, 2.05) is 24.3 Å². The zero-order chi connectivity index (χ0) is 13.7. The van der Waals surface area contributed by atoms with Gasteiger partial charge < -0.3 is 5.11 Å². The Morgan fingerprint density at radius 1 is 1.37 bits per heavy atom. The minimum absolute atomic E-state index is 0.170. The van der Waals surface area contributed by atoms with E-state index in [4.69, 9.17) is 18.0 Å². The summed E-state index contributed by atoms with van der Waals surface area (Å²) >= 11 is 5.90. The quantitative estimate of drug-likeness (QED) is 0.856. The van der Waals surface area contributed by atoms with E-state index in [1.54, 1.807) is 0 Å². The molecule has 2 rings (SSSR count). The summed E-state index contributed by atoms with van der Waals surface area (Å²) in [7, 11) is 0. The fraction of sp³-hybridized carbons (Fsp3) is 0.500. The van der Waals surface area contributed by atoms with Crippen LogP contribution in [0.3, 0.4) is 0 Å². The monoisotopic (exact) mass is 277 g/mol. The molecule has 2 unspecified atom stereocenters. The molecule has 0 bridgehead atoms. The summed E-state index contributed by atoms with van der Waals surface area (Å²) in [6.45, 7) is 1.89. The van der Waals surface area contributed by atoms with Crippen LogP contribution in [0.4, 0.5) is 0 Å². The van der Waals surface area contributed by atoms with E-state index in [9.17, 15) is 5.11 Å². The maximum Gasteiger partial charge on any atom is 0.0699 e. The fourth-order valence-corrected chi connectivity index (χ4v) is 2.84. The van der Waals surface area contributed by atoms with Crippen LogP contribution in [0, 0.1) is 12.3 Å². The summed E-state index contributed by atoms with van der Waals surface area (Å²) in [4.78, 5) is 2.32. The number of hydrogen-bond acceptors (Lipinski definition) is 2. The third kappa shape index (κ3) is 3.98. The Labute approximate surface area is 120 Å². The molecular formula is C16H20ClNO. The van der Waals surface area contributed by atoms with E-state index in [-0.39, 0.29) is 12.1 Å². The SMILES string of the molecule is C#CCCN1CCCC(O)C1Cc1ccc(Cl)cc1. The Kier molecular flexibility index (Phi) is 5.27. The van der Waals surface area contributed by atoms with Gasteiger partial charge in [-0.05, 0) is 43.5 Å². The first kappa shape index (κ1) is 14.4. The molecule has 102 valence electrons. The maximum atomic E-state index is 10.2. The Balaban J connectivity index is 2.04. The van der Waals surface area contributed by atoms with Crippen LogP contribution in [0.1, 0.15) is 24.8 Å². The molecule has 0 aliphatic carbocycles. The molecule has 1 N–H and O–H groups in total. The summed E-state index contributed by atoms with van der Waals surface area (Å²) in [5, 5.41) is 11.0. The smallest absolute Gasteiger partial charge is 0.0699 e.